The van der Waals surface area contributed by atoms with E-state index in [9.17, 15) is 46.2 Å². The van der Waals surface area contributed by atoms with Crippen molar-refractivity contribution in [2.24, 2.45) is 20.5 Å². The maximum atomic E-state index is 12.0. The summed E-state index contributed by atoms with van der Waals surface area (Å²) in [4.78, 5) is 21.5. The van der Waals surface area contributed by atoms with Crippen LogP contribution in [-0.4, -0.2) is 35.8 Å². The van der Waals surface area contributed by atoms with Gasteiger partial charge in [-0.25, -0.2) is 16.8 Å². The molecular weight excluding hydrogens is 783 g/mol. The van der Waals surface area contributed by atoms with Crippen molar-refractivity contribution in [3.8, 4) is 11.5 Å². The van der Waals surface area contributed by atoms with Gasteiger partial charge < -0.3 is 25.3 Å². The fourth-order valence-electron chi connectivity index (χ4n) is 5.08. The number of azo groups is 2. The Morgan fingerprint density at radius 3 is 1.25 bits per heavy atom. The number of hydrogen-bond donors (Lipinski definition) is 2. The average molecular weight is 803 g/mol. The number of rotatable bonds is 10. The summed E-state index contributed by atoms with van der Waals surface area (Å²) >= 11 is 0. The number of nitrogens with two attached hydrogens (primary N) is 2. The van der Waals surface area contributed by atoms with Crippen molar-refractivity contribution in [3.05, 3.63) is 117 Å². The van der Waals surface area contributed by atoms with E-state index in [1.807, 2.05) is 0 Å². The van der Waals surface area contributed by atoms with Gasteiger partial charge in [0.05, 0.1) is 42.4 Å². The molecule has 0 saturated heterocycles. The van der Waals surface area contributed by atoms with E-state index in [0.717, 1.165) is 48.5 Å². The molecule has 0 bridgehead atoms. The normalized spacial score (nSPS) is 11.7. The third kappa shape index (κ3) is 9.48. The van der Waals surface area contributed by atoms with Crippen LogP contribution in [0.15, 0.2) is 127 Å². The van der Waals surface area contributed by atoms with Crippen LogP contribution in [0.4, 0.5) is 45.5 Å². The summed E-state index contributed by atoms with van der Waals surface area (Å²) in [5, 5.41) is 41.5. The van der Waals surface area contributed by atoms with Crippen LogP contribution in [0.25, 0.3) is 21.5 Å². The van der Waals surface area contributed by atoms with Gasteiger partial charge in [0.1, 0.15) is 31.6 Å². The maximum Gasteiger partial charge on any atom is 1.00 e. The molecule has 19 nitrogen and oxygen atoms in total. The van der Waals surface area contributed by atoms with Crippen LogP contribution in [0.3, 0.4) is 0 Å². The average Bonchev–Trinajstić information content (AvgIpc) is 3.10. The molecule has 0 heterocycles. The number of nitro benzene ring substituents is 2. The molecule has 6 rings (SSSR count). The SMILES string of the molecule is Nc1ccc2cc(S(=O)(=O)[O-])ccc2c1N=Nc1ccc(Oc2ccc(N=Nc3c(N)ccc4cc(S(=O)(=O)[O-])ccc34)cc2[N+](=O)[O-])c([N+](=O)[O-])c1.[Na+].[Na+]. The Morgan fingerprint density at radius 1 is 0.527 bits per heavy atom. The van der Waals surface area contributed by atoms with Crippen LogP contribution in [0.2, 0.25) is 0 Å². The first-order valence-corrected chi connectivity index (χ1v) is 17.5. The molecule has 0 aliphatic carbocycles. The third-order valence-electron chi connectivity index (χ3n) is 7.59. The molecular formula is C32H20N8Na2O11S2. The quantitative estimate of drug-likeness (QED) is 0.0495. The number of hydrogen-bond acceptors (Lipinski definition) is 17. The molecule has 6 aromatic carbocycles. The van der Waals surface area contributed by atoms with Crippen LogP contribution < -0.4 is 75.3 Å². The van der Waals surface area contributed by atoms with E-state index >= 15 is 0 Å². The summed E-state index contributed by atoms with van der Waals surface area (Å²) in [5.41, 5.74) is 11.2. The molecule has 23 heteroatoms. The molecule has 0 fully saturated rings. The standard InChI is InChI=1S/C32H22N8O11S2.2Na/c33-25-9-1-17-13-21(52(45,46)47)5-7-23(17)31(25)37-35-19-3-11-29(27(15-19)39(41)42)51-30-12-4-20(16-28(30)40(43)44)36-38-32-24-8-6-22(53(48,49)50)14-18(24)2-10-26(32)34;;/h1-16H,33-34H2,(H,45,46,47)(H,48,49,50);;/q;2*+1/p-2. The van der Waals surface area contributed by atoms with Gasteiger partial charge in [-0.2, -0.15) is 10.2 Å². The number of anilines is 2. The van der Waals surface area contributed by atoms with Gasteiger partial charge in [0.2, 0.25) is 11.5 Å². The van der Waals surface area contributed by atoms with E-state index < -0.39 is 51.2 Å². The predicted octanol–water partition coefficient (Wildman–Crippen LogP) is 1.41. The molecule has 0 atom stereocenters. The van der Waals surface area contributed by atoms with Crippen molar-refractivity contribution in [1.29, 1.82) is 0 Å². The summed E-state index contributed by atoms with van der Waals surface area (Å²) in [6.07, 6.45) is 0. The number of benzene rings is 6. The van der Waals surface area contributed by atoms with Crippen molar-refractivity contribution in [3.63, 3.8) is 0 Å². The van der Waals surface area contributed by atoms with Gasteiger partial charge in [-0.3, -0.25) is 20.2 Å². The number of nitro groups is 2. The number of fused-ring (bicyclic) bond motifs is 2. The van der Waals surface area contributed by atoms with Gasteiger partial charge in [-0.05, 0) is 71.4 Å². The second-order valence-corrected chi connectivity index (χ2v) is 13.8. The summed E-state index contributed by atoms with van der Waals surface area (Å²) in [7, 11) is -9.46. The summed E-state index contributed by atoms with van der Waals surface area (Å²) in [5.74, 6) is -0.768. The fraction of sp³-hybridized carbons (Fsp3) is 0. The van der Waals surface area contributed by atoms with Crippen LogP contribution in [-0.2, 0) is 20.2 Å². The summed E-state index contributed by atoms with van der Waals surface area (Å²) in [6.45, 7) is 0. The Morgan fingerprint density at radius 2 is 0.909 bits per heavy atom. The Hall–Kier alpha value is -4.94. The van der Waals surface area contributed by atoms with Crippen LogP contribution >= 0.6 is 0 Å². The zero-order valence-corrected chi connectivity index (χ0v) is 34.0. The van der Waals surface area contributed by atoms with Crippen molar-refractivity contribution in [1.82, 2.24) is 0 Å². The van der Waals surface area contributed by atoms with Gasteiger partial charge in [-0.1, -0.05) is 24.3 Å². The first-order chi connectivity index (χ1) is 25.0. The molecule has 0 aliphatic heterocycles. The number of nitrogens with zero attached hydrogens (tertiary/aromatic N) is 6. The molecule has 268 valence electrons. The summed E-state index contributed by atoms with van der Waals surface area (Å²) in [6, 6.07) is 19.8. The Balaban J connectivity index is 0.00000336. The molecule has 0 aromatic heterocycles. The molecule has 55 heavy (non-hydrogen) atoms. The maximum absolute atomic E-state index is 12.0. The first-order valence-electron chi connectivity index (χ1n) is 14.6. The minimum atomic E-state index is -4.73. The van der Waals surface area contributed by atoms with Crippen molar-refractivity contribution in [2.75, 3.05) is 11.5 Å². The van der Waals surface area contributed by atoms with Crippen LogP contribution in [0, 0.1) is 20.2 Å². The number of nitrogen functional groups attached to an aromatic ring is 2. The van der Waals surface area contributed by atoms with E-state index in [1.165, 1.54) is 48.5 Å². The molecule has 0 saturated carbocycles. The molecule has 0 amide bonds. The Kier molecular flexibility index (Phi) is 13.1. The number of ether oxygens (including phenoxy) is 1. The fourth-order valence-corrected chi connectivity index (χ4v) is 6.09. The topological polar surface area (TPSA) is 311 Å². The van der Waals surface area contributed by atoms with Crippen LogP contribution in [0.5, 0.6) is 11.5 Å². The minimum absolute atomic E-state index is 0. The molecule has 6 aromatic rings. The predicted molar refractivity (Wildman–Crippen MR) is 187 cm³/mol. The van der Waals surface area contributed by atoms with Gasteiger partial charge in [-0.15, -0.1) is 10.2 Å². The van der Waals surface area contributed by atoms with E-state index in [-0.39, 0.29) is 105 Å². The van der Waals surface area contributed by atoms with Crippen LogP contribution in [0.1, 0.15) is 0 Å². The minimum Gasteiger partial charge on any atom is -0.744 e. The zero-order chi connectivity index (χ0) is 38.2. The van der Waals surface area contributed by atoms with Crippen molar-refractivity contribution < 1.29 is 99.6 Å². The van der Waals surface area contributed by atoms with E-state index in [2.05, 4.69) is 20.5 Å². The monoisotopic (exact) mass is 802 g/mol. The second kappa shape index (κ2) is 16.8. The summed E-state index contributed by atoms with van der Waals surface area (Å²) < 4.78 is 74.2. The molecule has 0 unspecified atom stereocenters. The van der Waals surface area contributed by atoms with Crippen molar-refractivity contribution in [2.45, 2.75) is 9.79 Å². The first kappa shape index (κ1) is 42.8. The van der Waals surface area contributed by atoms with E-state index in [1.54, 1.807) is 0 Å². The zero-order valence-electron chi connectivity index (χ0n) is 28.4. The smallest absolute Gasteiger partial charge is 0.744 e. The van der Waals surface area contributed by atoms with Gasteiger partial charge in [0, 0.05) is 22.9 Å². The molecule has 0 radical (unpaired) electrons. The molecule has 0 spiro atoms. The van der Waals surface area contributed by atoms with Gasteiger partial charge >= 0.3 is 70.5 Å². The molecule has 4 N–H and O–H groups in total. The second-order valence-electron chi connectivity index (χ2n) is 11.0. The van der Waals surface area contributed by atoms with E-state index in [0.29, 0.717) is 21.5 Å². The van der Waals surface area contributed by atoms with E-state index in [4.69, 9.17) is 16.2 Å². The molecule has 0 aliphatic rings. The van der Waals surface area contributed by atoms with Gasteiger partial charge in [0.15, 0.2) is 0 Å². The Bertz CT molecular complexity index is 2630. The Labute approximate surface area is 354 Å². The third-order valence-corrected chi connectivity index (χ3v) is 9.26. The van der Waals surface area contributed by atoms with Crippen molar-refractivity contribution >= 4 is 87.3 Å². The van der Waals surface area contributed by atoms with Gasteiger partial charge in [0.25, 0.3) is 0 Å². The largest absolute Gasteiger partial charge is 1.00 e.